The smallest absolute Gasteiger partial charge is 0.157 e. The predicted molar refractivity (Wildman–Crippen MR) is 102 cm³/mol. The lowest BCUT2D eigenvalue weighted by molar-refractivity contribution is -0.0525. The maximum absolute atomic E-state index is 6.17. The second-order valence-electron chi connectivity index (χ2n) is 6.98. The van der Waals surface area contributed by atoms with Crippen molar-refractivity contribution in [2.45, 2.75) is 26.0 Å². The van der Waals surface area contributed by atoms with Crippen LogP contribution >= 0.6 is 11.6 Å². The van der Waals surface area contributed by atoms with Crippen molar-refractivity contribution in [1.29, 1.82) is 0 Å². The molecule has 0 spiro atoms. The molecule has 0 saturated carbocycles. The third-order valence-corrected chi connectivity index (χ3v) is 5.35. The highest BCUT2D eigenvalue weighted by Gasteiger charge is 2.27. The van der Waals surface area contributed by atoms with E-state index in [2.05, 4.69) is 43.8 Å². The Hall–Kier alpha value is -1.15. The molecule has 25 heavy (non-hydrogen) atoms. The van der Waals surface area contributed by atoms with Gasteiger partial charge in [0.1, 0.15) is 12.0 Å². The average molecular weight is 369 g/mol. The molecule has 1 N–H and O–H groups in total. The normalized spacial score (nSPS) is 23.2. The van der Waals surface area contributed by atoms with Gasteiger partial charge >= 0.3 is 0 Å². The summed E-state index contributed by atoms with van der Waals surface area (Å²) in [5, 5.41) is 3.59. The monoisotopic (exact) mass is 368 g/mol. The van der Waals surface area contributed by atoms with Crippen molar-refractivity contribution in [3.05, 3.63) is 11.5 Å². The molecule has 7 nitrogen and oxygen atoms in total. The van der Waals surface area contributed by atoms with Crippen molar-refractivity contribution in [2.75, 3.05) is 69.7 Å². The third-order valence-electron chi connectivity index (χ3n) is 5.07. The number of aromatic nitrogens is 2. The van der Waals surface area contributed by atoms with E-state index in [-0.39, 0.29) is 0 Å². The second-order valence-corrected chi connectivity index (χ2v) is 7.34. The van der Waals surface area contributed by atoms with Gasteiger partial charge in [-0.05, 0) is 13.8 Å². The number of morpholine rings is 1. The van der Waals surface area contributed by atoms with E-state index in [1.165, 1.54) is 6.33 Å². The zero-order chi connectivity index (χ0) is 17.8. The first-order valence-corrected chi connectivity index (χ1v) is 9.47. The molecule has 1 atom stereocenters. The Balaban J connectivity index is 1.53. The molecule has 1 aromatic heterocycles. The van der Waals surface area contributed by atoms with Crippen LogP contribution in [0.3, 0.4) is 0 Å². The molecule has 1 unspecified atom stereocenters. The van der Waals surface area contributed by atoms with Gasteiger partial charge in [0.15, 0.2) is 11.0 Å². The van der Waals surface area contributed by atoms with Crippen molar-refractivity contribution < 1.29 is 4.74 Å². The van der Waals surface area contributed by atoms with Crippen LogP contribution < -0.4 is 10.2 Å². The minimum atomic E-state index is 0.309. The number of ether oxygens (including phenoxy) is 1. The maximum Gasteiger partial charge on any atom is 0.157 e. The maximum atomic E-state index is 6.17. The first-order chi connectivity index (χ1) is 12.1. The molecule has 8 heteroatoms. The second kappa shape index (κ2) is 8.49. The number of anilines is 2. The fraction of sp³-hybridized carbons (Fsp3) is 0.765. The predicted octanol–water partition coefficient (Wildman–Crippen LogP) is 1.40. The summed E-state index contributed by atoms with van der Waals surface area (Å²) in [5.41, 5.74) is 0.806. The number of piperazine rings is 1. The van der Waals surface area contributed by atoms with Gasteiger partial charge in [-0.15, -0.1) is 0 Å². The van der Waals surface area contributed by atoms with Crippen LogP contribution in [0.1, 0.15) is 13.8 Å². The Bertz CT molecular complexity index is 564. The number of rotatable bonds is 5. The van der Waals surface area contributed by atoms with Crippen LogP contribution in [0, 0.1) is 0 Å². The fourth-order valence-corrected chi connectivity index (χ4v) is 3.78. The number of halogens is 1. The standard InChI is InChI=1S/C17H29ClN6O/c1-13(2)24-8-9-25-14(11-24)10-22-4-6-23(7-5-22)17-15(19-3)16(18)20-12-21-17/h12-14,19H,4-11H2,1-3H3. The van der Waals surface area contributed by atoms with Crippen molar-refractivity contribution in [1.82, 2.24) is 19.8 Å². The van der Waals surface area contributed by atoms with Gasteiger partial charge in [-0.2, -0.15) is 0 Å². The lowest BCUT2D eigenvalue weighted by Gasteiger charge is -2.40. The molecule has 0 aromatic carbocycles. The van der Waals surface area contributed by atoms with Crippen LogP contribution in [0.4, 0.5) is 11.5 Å². The van der Waals surface area contributed by atoms with Gasteiger partial charge in [-0.25, -0.2) is 9.97 Å². The average Bonchev–Trinajstić information content (AvgIpc) is 2.62. The summed E-state index contributed by atoms with van der Waals surface area (Å²) in [6.45, 7) is 12.3. The van der Waals surface area contributed by atoms with Crippen LogP contribution in [0.25, 0.3) is 0 Å². The number of nitrogens with one attached hydrogen (secondary N) is 1. The summed E-state index contributed by atoms with van der Waals surface area (Å²) in [7, 11) is 1.85. The van der Waals surface area contributed by atoms with E-state index in [0.717, 1.165) is 63.9 Å². The van der Waals surface area contributed by atoms with Gasteiger partial charge < -0.3 is 15.0 Å². The zero-order valence-electron chi connectivity index (χ0n) is 15.4. The van der Waals surface area contributed by atoms with Crippen molar-refractivity contribution in [3.63, 3.8) is 0 Å². The van der Waals surface area contributed by atoms with E-state index < -0.39 is 0 Å². The largest absolute Gasteiger partial charge is 0.383 e. The van der Waals surface area contributed by atoms with Gasteiger partial charge in [-0.3, -0.25) is 9.80 Å². The number of nitrogens with zero attached hydrogens (tertiary/aromatic N) is 5. The summed E-state index contributed by atoms with van der Waals surface area (Å²) in [4.78, 5) is 15.7. The molecule has 2 fully saturated rings. The van der Waals surface area contributed by atoms with Crippen LogP contribution in [0.15, 0.2) is 6.33 Å². The molecule has 140 valence electrons. The van der Waals surface area contributed by atoms with Gasteiger partial charge in [-0.1, -0.05) is 11.6 Å². The quantitative estimate of drug-likeness (QED) is 0.788. The molecular formula is C17H29ClN6O. The topological polar surface area (TPSA) is 56.8 Å². The van der Waals surface area contributed by atoms with E-state index in [4.69, 9.17) is 16.3 Å². The Kier molecular flexibility index (Phi) is 6.33. The highest BCUT2D eigenvalue weighted by Crippen LogP contribution is 2.29. The lowest BCUT2D eigenvalue weighted by Crippen LogP contribution is -2.53. The van der Waals surface area contributed by atoms with E-state index in [1.807, 2.05) is 7.05 Å². The molecule has 3 heterocycles. The molecule has 3 rings (SSSR count). The molecule has 2 aliphatic rings. The molecular weight excluding hydrogens is 340 g/mol. The molecule has 1 aromatic rings. The first kappa shape index (κ1) is 18.6. The van der Waals surface area contributed by atoms with Crippen LogP contribution in [0.5, 0.6) is 0 Å². The lowest BCUT2D eigenvalue weighted by atomic mass is 10.2. The van der Waals surface area contributed by atoms with Gasteiger partial charge in [0, 0.05) is 58.9 Å². The molecule has 2 aliphatic heterocycles. The minimum Gasteiger partial charge on any atom is -0.383 e. The van der Waals surface area contributed by atoms with Crippen molar-refractivity contribution >= 4 is 23.1 Å². The highest BCUT2D eigenvalue weighted by atomic mass is 35.5. The molecule has 0 radical (unpaired) electrons. The molecule has 0 aliphatic carbocycles. The van der Waals surface area contributed by atoms with Gasteiger partial charge in [0.05, 0.1) is 12.7 Å². The molecule has 0 amide bonds. The van der Waals surface area contributed by atoms with Crippen molar-refractivity contribution in [3.8, 4) is 0 Å². The molecule has 2 saturated heterocycles. The number of hydrogen-bond donors (Lipinski definition) is 1. The fourth-order valence-electron chi connectivity index (χ4n) is 3.56. The van der Waals surface area contributed by atoms with E-state index in [1.54, 1.807) is 0 Å². The van der Waals surface area contributed by atoms with Crippen LogP contribution in [-0.4, -0.2) is 91.4 Å². The van der Waals surface area contributed by atoms with E-state index >= 15 is 0 Å². The van der Waals surface area contributed by atoms with Crippen LogP contribution in [0.2, 0.25) is 5.15 Å². The summed E-state index contributed by atoms with van der Waals surface area (Å²) < 4.78 is 5.98. The Morgan fingerprint density at radius 1 is 1.24 bits per heavy atom. The van der Waals surface area contributed by atoms with Crippen LogP contribution in [-0.2, 0) is 4.74 Å². The SMILES string of the molecule is CNc1c(Cl)ncnc1N1CCN(CC2CN(C(C)C)CCO2)CC1. The molecule has 0 bridgehead atoms. The Labute approximate surface area is 155 Å². The summed E-state index contributed by atoms with van der Waals surface area (Å²) in [5.74, 6) is 0.891. The minimum absolute atomic E-state index is 0.309. The summed E-state index contributed by atoms with van der Waals surface area (Å²) >= 11 is 6.17. The first-order valence-electron chi connectivity index (χ1n) is 9.09. The van der Waals surface area contributed by atoms with Gasteiger partial charge in [0.25, 0.3) is 0 Å². The Morgan fingerprint density at radius 3 is 2.68 bits per heavy atom. The summed E-state index contributed by atoms with van der Waals surface area (Å²) in [6, 6.07) is 0.589. The highest BCUT2D eigenvalue weighted by molar-refractivity contribution is 6.32. The van der Waals surface area contributed by atoms with E-state index in [9.17, 15) is 0 Å². The van der Waals surface area contributed by atoms with Gasteiger partial charge in [0.2, 0.25) is 0 Å². The third kappa shape index (κ3) is 4.53. The van der Waals surface area contributed by atoms with E-state index in [0.29, 0.717) is 17.3 Å². The Morgan fingerprint density at radius 2 is 2.00 bits per heavy atom. The summed E-state index contributed by atoms with van der Waals surface area (Å²) in [6.07, 6.45) is 1.84. The number of hydrogen-bond acceptors (Lipinski definition) is 7. The zero-order valence-corrected chi connectivity index (χ0v) is 16.2. The van der Waals surface area contributed by atoms with Crippen molar-refractivity contribution in [2.24, 2.45) is 0 Å².